The predicted molar refractivity (Wildman–Crippen MR) is 233 cm³/mol. The fourth-order valence-electron chi connectivity index (χ4n) is 7.79. The number of phenolic OH excluding ortho intramolecular Hbond substituents is 5. The molecule has 2 saturated heterocycles. The van der Waals surface area contributed by atoms with Gasteiger partial charge >= 0.3 is 0 Å². The predicted octanol–water partition coefficient (Wildman–Crippen LogP) is 2.95. The zero-order chi connectivity index (χ0) is 47.8. The van der Waals surface area contributed by atoms with E-state index >= 15 is 0 Å². The van der Waals surface area contributed by atoms with Crippen molar-refractivity contribution in [2.75, 3.05) is 26.9 Å². The molecule has 350 valence electrons. The van der Waals surface area contributed by atoms with Crippen molar-refractivity contribution in [1.82, 2.24) is 0 Å². The molecule has 19 heteroatoms. The lowest BCUT2D eigenvalue weighted by atomic mass is 9.89. The minimum Gasteiger partial charge on any atom is -0.508 e. The molecular formula is C47H48O19. The Labute approximate surface area is 374 Å². The van der Waals surface area contributed by atoms with Gasteiger partial charge in [-0.3, -0.25) is 9.59 Å². The number of phenols is 5. The third kappa shape index (κ3) is 9.03. The fourth-order valence-corrected chi connectivity index (χ4v) is 7.79. The highest BCUT2D eigenvalue weighted by Crippen LogP contribution is 2.44. The Bertz CT molecular complexity index is 2880. The highest BCUT2D eigenvalue weighted by Gasteiger charge is 2.50. The van der Waals surface area contributed by atoms with Crippen molar-refractivity contribution in [3.8, 4) is 56.8 Å². The molecule has 8 rings (SSSR count). The third-order valence-corrected chi connectivity index (χ3v) is 11.4. The Morgan fingerprint density at radius 3 is 2.12 bits per heavy atom. The normalized spacial score (nSPS) is 23.9. The standard InChI is InChI=1S/C26H28O13.C21H20O6/c27-9-26(35)10-38-25(24(26)34)37-8-16-19(31)20(32)21(33)23(39-16)17-15(29)6-5-13-18(30)14(7-36-22(13)17)11-1-3-12(28)4-2-11;1-11(2)4-6-14-19(16(23)9-17(24)21(14)26-3)15-10-27-18-8-12(22)5-7-13(18)20(15)25/h1-7,16,19-21,23-25,27-29,31-35H,8-10H2;4-5,7-10,22-24H,6H2,1-3H3/t16-,19-,20+,21-,23+,24+,25-,26-;/m1./s1. The highest BCUT2D eigenvalue weighted by atomic mass is 16.7. The molecular weight excluding hydrogens is 868 g/mol. The van der Waals surface area contributed by atoms with E-state index in [9.17, 15) is 65.8 Å². The van der Waals surface area contributed by atoms with Gasteiger partial charge in [0.15, 0.2) is 17.8 Å². The first kappa shape index (κ1) is 47.4. The summed E-state index contributed by atoms with van der Waals surface area (Å²) in [5.74, 6) is -0.709. The minimum atomic E-state index is -1.94. The van der Waals surface area contributed by atoms with Gasteiger partial charge in [0.25, 0.3) is 0 Å². The average molecular weight is 917 g/mol. The zero-order valence-electron chi connectivity index (χ0n) is 35.6. The van der Waals surface area contributed by atoms with Crippen LogP contribution in [0.4, 0.5) is 0 Å². The molecule has 0 amide bonds. The highest BCUT2D eigenvalue weighted by molar-refractivity contribution is 5.87. The van der Waals surface area contributed by atoms with E-state index in [2.05, 4.69) is 0 Å². The molecule has 0 unspecified atom stereocenters. The molecule has 66 heavy (non-hydrogen) atoms. The molecule has 8 atom stereocenters. The molecule has 19 nitrogen and oxygen atoms in total. The largest absolute Gasteiger partial charge is 0.508 e. The van der Waals surface area contributed by atoms with Crippen molar-refractivity contribution in [3.05, 3.63) is 116 Å². The smallest absolute Gasteiger partial charge is 0.200 e. The van der Waals surface area contributed by atoms with E-state index in [0.29, 0.717) is 17.5 Å². The van der Waals surface area contributed by atoms with Crippen LogP contribution >= 0.6 is 0 Å². The van der Waals surface area contributed by atoms with Crippen LogP contribution in [0.3, 0.4) is 0 Å². The number of benzene rings is 4. The van der Waals surface area contributed by atoms with Crippen molar-refractivity contribution >= 4 is 21.9 Å². The van der Waals surface area contributed by atoms with Gasteiger partial charge in [0.1, 0.15) is 88.9 Å². The second kappa shape index (κ2) is 19.1. The summed E-state index contributed by atoms with van der Waals surface area (Å²) in [7, 11) is 1.41. The lowest BCUT2D eigenvalue weighted by Crippen LogP contribution is -2.56. The topological polar surface area (TPSA) is 320 Å². The van der Waals surface area contributed by atoms with E-state index in [1.54, 1.807) is 0 Å². The Balaban J connectivity index is 0.000000210. The van der Waals surface area contributed by atoms with E-state index in [1.807, 2.05) is 19.9 Å². The fraction of sp³-hybridized carbons (Fsp3) is 0.319. The van der Waals surface area contributed by atoms with Gasteiger partial charge in [-0.2, -0.15) is 0 Å². The minimum absolute atomic E-state index is 0.0110. The van der Waals surface area contributed by atoms with Gasteiger partial charge in [-0.1, -0.05) is 23.8 Å². The van der Waals surface area contributed by atoms with Crippen molar-refractivity contribution in [1.29, 1.82) is 0 Å². The summed E-state index contributed by atoms with van der Waals surface area (Å²) >= 11 is 0. The summed E-state index contributed by atoms with van der Waals surface area (Å²) in [4.78, 5) is 26.3. The van der Waals surface area contributed by atoms with Gasteiger partial charge in [-0.05, 0) is 62.2 Å². The first-order valence-corrected chi connectivity index (χ1v) is 20.4. The van der Waals surface area contributed by atoms with E-state index in [4.69, 9.17) is 27.8 Å². The van der Waals surface area contributed by atoms with Crippen LogP contribution in [0.1, 0.15) is 31.1 Å². The van der Waals surface area contributed by atoms with Crippen LogP contribution in [0, 0.1) is 0 Å². The van der Waals surface area contributed by atoms with E-state index in [1.165, 1.54) is 68.0 Å². The van der Waals surface area contributed by atoms with Crippen molar-refractivity contribution in [3.63, 3.8) is 0 Å². The van der Waals surface area contributed by atoms with Crippen LogP contribution < -0.4 is 15.6 Å². The molecule has 2 aromatic heterocycles. The number of methoxy groups -OCH3 is 1. The number of rotatable bonds is 10. The van der Waals surface area contributed by atoms with Crippen molar-refractivity contribution in [2.24, 2.45) is 0 Å². The molecule has 0 radical (unpaired) electrons. The summed E-state index contributed by atoms with van der Waals surface area (Å²) < 4.78 is 32.9. The Morgan fingerprint density at radius 2 is 1.45 bits per heavy atom. The quantitative estimate of drug-likeness (QED) is 0.0880. The second-order valence-corrected chi connectivity index (χ2v) is 16.1. The lowest BCUT2D eigenvalue weighted by molar-refractivity contribution is -0.252. The van der Waals surface area contributed by atoms with Crippen LogP contribution in [-0.4, -0.2) is 126 Å². The number of aliphatic hydroxyl groups is 6. The molecule has 0 aliphatic carbocycles. The SMILES string of the molecule is COc1c(O)cc(O)c(-c2coc3cc(O)ccc3c2=O)c1CC=C(C)C.O=c1c(-c2ccc(O)cc2)coc2c([C@@H]3O[C@H](CO[C@@H]4OC[C@](O)(CO)[C@H]4O)[C@@H](O)[C@H](O)[C@H]3O)c(O)ccc12. The van der Waals surface area contributed by atoms with Crippen molar-refractivity contribution in [2.45, 2.75) is 68.8 Å². The Hall–Kier alpha value is -6.52. The van der Waals surface area contributed by atoms with E-state index in [-0.39, 0.29) is 78.4 Å². The summed E-state index contributed by atoms with van der Waals surface area (Å²) in [6.45, 7) is 2.15. The van der Waals surface area contributed by atoms with Gasteiger partial charge in [0, 0.05) is 23.3 Å². The van der Waals surface area contributed by atoms with Gasteiger partial charge in [0.05, 0.1) is 54.4 Å². The van der Waals surface area contributed by atoms with Gasteiger partial charge in [-0.15, -0.1) is 0 Å². The van der Waals surface area contributed by atoms with Gasteiger partial charge < -0.3 is 84.0 Å². The number of aromatic hydroxyl groups is 5. The molecule has 2 aliphatic heterocycles. The molecule has 11 N–H and O–H groups in total. The monoisotopic (exact) mass is 916 g/mol. The second-order valence-electron chi connectivity index (χ2n) is 16.1. The molecule has 0 spiro atoms. The number of ether oxygens (including phenoxy) is 4. The van der Waals surface area contributed by atoms with Crippen LogP contribution in [-0.2, 0) is 20.6 Å². The first-order valence-electron chi connectivity index (χ1n) is 20.4. The number of hydrogen-bond acceptors (Lipinski definition) is 19. The molecule has 2 fully saturated rings. The van der Waals surface area contributed by atoms with E-state index in [0.717, 1.165) is 17.9 Å². The molecule has 4 aromatic carbocycles. The number of fused-ring (bicyclic) bond motifs is 2. The zero-order valence-corrected chi connectivity index (χ0v) is 35.6. The maximum atomic E-state index is 13.3. The molecule has 2 aliphatic rings. The Kier molecular flexibility index (Phi) is 13.8. The van der Waals surface area contributed by atoms with Gasteiger partial charge in [-0.25, -0.2) is 0 Å². The number of allylic oxidation sites excluding steroid dienone is 2. The summed E-state index contributed by atoms with van der Waals surface area (Å²) in [5, 5.41) is 112. The van der Waals surface area contributed by atoms with Gasteiger partial charge in [0.2, 0.25) is 10.9 Å². The van der Waals surface area contributed by atoms with Crippen LogP contribution in [0.25, 0.3) is 44.2 Å². The first-order chi connectivity index (χ1) is 31.4. The lowest BCUT2D eigenvalue weighted by Gasteiger charge is -2.41. The van der Waals surface area contributed by atoms with Crippen LogP contribution in [0.5, 0.6) is 34.5 Å². The maximum absolute atomic E-state index is 13.3. The van der Waals surface area contributed by atoms with Crippen molar-refractivity contribution < 1.29 is 84.0 Å². The van der Waals surface area contributed by atoms with E-state index < -0.39 is 79.5 Å². The molecule has 6 aromatic rings. The van der Waals surface area contributed by atoms with Crippen LogP contribution in [0.2, 0.25) is 0 Å². The molecule has 0 saturated carbocycles. The maximum Gasteiger partial charge on any atom is 0.200 e. The average Bonchev–Trinajstić information content (AvgIpc) is 3.58. The van der Waals surface area contributed by atoms with Crippen LogP contribution in [0.15, 0.2) is 103 Å². The molecule has 0 bridgehead atoms. The number of aliphatic hydroxyl groups excluding tert-OH is 5. The summed E-state index contributed by atoms with van der Waals surface area (Å²) in [6, 6.07) is 13.7. The molecule has 4 heterocycles. The summed E-state index contributed by atoms with van der Waals surface area (Å²) in [5.41, 5.74) is -0.304. The Morgan fingerprint density at radius 1 is 0.788 bits per heavy atom. The third-order valence-electron chi connectivity index (χ3n) is 11.4. The summed E-state index contributed by atoms with van der Waals surface area (Å²) in [6.07, 6.45) is -6.40. The number of hydrogen-bond donors (Lipinski definition) is 11.